The molecule has 0 saturated carbocycles. The molecule has 1 unspecified atom stereocenters. The molecule has 158 valence electrons. The van der Waals surface area contributed by atoms with Gasteiger partial charge < -0.3 is 18.8 Å². The van der Waals surface area contributed by atoms with E-state index in [0.29, 0.717) is 37.6 Å². The third kappa shape index (κ3) is 4.43. The minimum absolute atomic E-state index is 0.0575. The first-order valence-corrected chi connectivity index (χ1v) is 9.87. The van der Waals surface area contributed by atoms with Crippen LogP contribution in [0.15, 0.2) is 15.3 Å². The normalized spacial score (nSPS) is 16.4. The maximum atomic E-state index is 13.3. The number of ether oxygens (including phenoxy) is 2. The Morgan fingerprint density at radius 2 is 2.14 bits per heavy atom. The van der Waals surface area contributed by atoms with Crippen LogP contribution in [0.3, 0.4) is 0 Å². The Morgan fingerprint density at radius 3 is 2.69 bits per heavy atom. The van der Waals surface area contributed by atoms with Crippen molar-refractivity contribution >= 4 is 5.91 Å². The van der Waals surface area contributed by atoms with Crippen LogP contribution in [0.1, 0.15) is 57.6 Å². The van der Waals surface area contributed by atoms with Crippen molar-refractivity contribution in [1.82, 2.24) is 14.7 Å². The maximum absolute atomic E-state index is 13.3. The second-order valence-electron chi connectivity index (χ2n) is 7.49. The van der Waals surface area contributed by atoms with Crippen LogP contribution >= 0.6 is 0 Å². The van der Waals surface area contributed by atoms with Gasteiger partial charge in [0, 0.05) is 45.1 Å². The van der Waals surface area contributed by atoms with Gasteiger partial charge in [-0.1, -0.05) is 0 Å². The average Bonchev–Trinajstić information content (AvgIpc) is 3.28. The van der Waals surface area contributed by atoms with E-state index in [2.05, 4.69) is 5.10 Å². The standard InChI is InChI=1S/C21H29N3O5/c1-13-11-18(17-7-6-9-28-17)29-21(26)19(13)20(25)24(8-10-27-5)12-16-14(2)22-23(4)15(16)3/h11,17H,6-10,12H2,1-5H3. The van der Waals surface area contributed by atoms with Crippen LogP contribution < -0.4 is 5.63 Å². The highest BCUT2D eigenvalue weighted by atomic mass is 16.5. The fraction of sp³-hybridized carbons (Fsp3) is 0.571. The summed E-state index contributed by atoms with van der Waals surface area (Å²) in [6, 6.07) is 1.75. The Balaban J connectivity index is 1.92. The van der Waals surface area contributed by atoms with Crippen molar-refractivity contribution in [2.24, 2.45) is 7.05 Å². The zero-order valence-corrected chi connectivity index (χ0v) is 17.8. The molecule has 0 N–H and O–H groups in total. The molecule has 0 aromatic carbocycles. The van der Waals surface area contributed by atoms with Gasteiger partial charge in [-0.25, -0.2) is 4.79 Å². The molecule has 8 heteroatoms. The second kappa shape index (κ2) is 8.92. The summed E-state index contributed by atoms with van der Waals surface area (Å²) in [5, 5.41) is 4.42. The molecule has 2 aromatic heterocycles. The Bertz CT molecular complexity index is 941. The van der Waals surface area contributed by atoms with Crippen molar-refractivity contribution < 1.29 is 18.7 Å². The second-order valence-corrected chi connectivity index (χ2v) is 7.49. The molecule has 1 amide bonds. The summed E-state index contributed by atoms with van der Waals surface area (Å²) in [7, 11) is 3.45. The van der Waals surface area contributed by atoms with E-state index >= 15 is 0 Å². The van der Waals surface area contributed by atoms with Gasteiger partial charge in [0.1, 0.15) is 17.4 Å². The molecule has 1 fully saturated rings. The molecular weight excluding hydrogens is 374 g/mol. The number of aryl methyl sites for hydroxylation is 3. The number of carbonyl (C=O) groups excluding carboxylic acids is 1. The summed E-state index contributed by atoms with van der Waals surface area (Å²) >= 11 is 0. The summed E-state index contributed by atoms with van der Waals surface area (Å²) in [5.74, 6) is 0.124. The van der Waals surface area contributed by atoms with Gasteiger partial charge in [-0.15, -0.1) is 0 Å². The Hall–Kier alpha value is -2.45. The van der Waals surface area contributed by atoms with E-state index in [0.717, 1.165) is 29.8 Å². The van der Waals surface area contributed by atoms with Gasteiger partial charge in [0.05, 0.1) is 12.3 Å². The molecule has 29 heavy (non-hydrogen) atoms. The van der Waals surface area contributed by atoms with Crippen LogP contribution in [0.25, 0.3) is 0 Å². The van der Waals surface area contributed by atoms with Crippen LogP contribution in [0.4, 0.5) is 0 Å². The predicted octanol–water partition coefficient (Wildman–Crippen LogP) is 2.44. The molecule has 8 nitrogen and oxygen atoms in total. The van der Waals surface area contributed by atoms with Crippen molar-refractivity contribution in [3.8, 4) is 0 Å². The van der Waals surface area contributed by atoms with Crippen LogP contribution in [-0.2, 0) is 23.1 Å². The summed E-state index contributed by atoms with van der Waals surface area (Å²) < 4.78 is 18.0. The summed E-state index contributed by atoms with van der Waals surface area (Å²) in [6.45, 7) is 7.36. The van der Waals surface area contributed by atoms with Crippen LogP contribution in [-0.4, -0.2) is 47.5 Å². The SMILES string of the molecule is COCCN(Cc1c(C)nn(C)c1C)C(=O)c1c(C)cc(C2CCCO2)oc1=O. The summed E-state index contributed by atoms with van der Waals surface area (Å²) in [4.78, 5) is 27.6. The van der Waals surface area contributed by atoms with Gasteiger partial charge in [0.2, 0.25) is 0 Å². The zero-order chi connectivity index (χ0) is 21.1. The Labute approximate surface area is 170 Å². The monoisotopic (exact) mass is 403 g/mol. The van der Waals surface area contributed by atoms with Gasteiger partial charge in [0.25, 0.3) is 5.91 Å². The number of hydrogen-bond acceptors (Lipinski definition) is 6. The first-order chi connectivity index (χ1) is 13.8. The van der Waals surface area contributed by atoms with Gasteiger partial charge in [-0.2, -0.15) is 5.10 Å². The molecule has 1 atom stereocenters. The number of rotatable bonds is 7. The minimum atomic E-state index is -0.623. The van der Waals surface area contributed by atoms with Crippen molar-refractivity contribution in [2.75, 3.05) is 26.9 Å². The van der Waals surface area contributed by atoms with Crippen LogP contribution in [0, 0.1) is 20.8 Å². The highest BCUT2D eigenvalue weighted by Crippen LogP contribution is 2.28. The van der Waals surface area contributed by atoms with E-state index in [1.807, 2.05) is 20.9 Å². The molecule has 3 heterocycles. The fourth-order valence-electron chi connectivity index (χ4n) is 3.70. The average molecular weight is 403 g/mol. The quantitative estimate of drug-likeness (QED) is 0.706. The van der Waals surface area contributed by atoms with Gasteiger partial charge in [-0.3, -0.25) is 9.48 Å². The summed E-state index contributed by atoms with van der Waals surface area (Å²) in [6.07, 6.45) is 1.54. The van der Waals surface area contributed by atoms with E-state index in [4.69, 9.17) is 13.9 Å². The molecule has 0 spiro atoms. The third-order valence-corrected chi connectivity index (χ3v) is 5.49. The maximum Gasteiger partial charge on any atom is 0.349 e. The lowest BCUT2D eigenvalue weighted by molar-refractivity contribution is 0.0667. The molecule has 0 bridgehead atoms. The Morgan fingerprint density at radius 1 is 1.38 bits per heavy atom. The van der Waals surface area contributed by atoms with Crippen molar-refractivity contribution in [3.05, 3.63) is 50.3 Å². The molecule has 0 aliphatic carbocycles. The first kappa shape index (κ1) is 21.3. The van der Waals surface area contributed by atoms with E-state index in [9.17, 15) is 9.59 Å². The number of amides is 1. The van der Waals surface area contributed by atoms with E-state index in [1.54, 1.807) is 29.7 Å². The molecule has 1 aliphatic rings. The number of nitrogens with zero attached hydrogens (tertiary/aromatic N) is 3. The van der Waals surface area contributed by atoms with Crippen LogP contribution in [0.5, 0.6) is 0 Å². The number of methoxy groups -OCH3 is 1. The number of hydrogen-bond donors (Lipinski definition) is 0. The molecular formula is C21H29N3O5. The largest absolute Gasteiger partial charge is 0.424 e. The fourth-order valence-corrected chi connectivity index (χ4v) is 3.70. The van der Waals surface area contributed by atoms with Crippen molar-refractivity contribution in [3.63, 3.8) is 0 Å². The molecule has 3 rings (SSSR count). The number of carbonyl (C=O) groups is 1. The topological polar surface area (TPSA) is 86.8 Å². The highest BCUT2D eigenvalue weighted by Gasteiger charge is 2.27. The molecule has 1 aliphatic heterocycles. The lowest BCUT2D eigenvalue weighted by Crippen LogP contribution is -2.37. The zero-order valence-electron chi connectivity index (χ0n) is 17.8. The van der Waals surface area contributed by atoms with E-state index < -0.39 is 5.63 Å². The molecule has 0 radical (unpaired) electrons. The highest BCUT2D eigenvalue weighted by molar-refractivity contribution is 5.95. The van der Waals surface area contributed by atoms with E-state index in [1.165, 1.54) is 0 Å². The third-order valence-electron chi connectivity index (χ3n) is 5.49. The lowest BCUT2D eigenvalue weighted by atomic mass is 10.1. The van der Waals surface area contributed by atoms with E-state index in [-0.39, 0.29) is 17.6 Å². The lowest BCUT2D eigenvalue weighted by Gasteiger charge is -2.23. The van der Waals surface area contributed by atoms with Gasteiger partial charge in [0.15, 0.2) is 0 Å². The summed E-state index contributed by atoms with van der Waals surface area (Å²) in [5.41, 5.74) is 2.84. The smallest absolute Gasteiger partial charge is 0.349 e. The first-order valence-electron chi connectivity index (χ1n) is 9.87. The molecule has 2 aromatic rings. The minimum Gasteiger partial charge on any atom is -0.424 e. The Kier molecular flexibility index (Phi) is 6.54. The predicted molar refractivity (Wildman–Crippen MR) is 107 cm³/mol. The molecule has 1 saturated heterocycles. The van der Waals surface area contributed by atoms with Crippen LogP contribution in [0.2, 0.25) is 0 Å². The van der Waals surface area contributed by atoms with Gasteiger partial charge >= 0.3 is 5.63 Å². The van der Waals surface area contributed by atoms with Crippen molar-refractivity contribution in [1.29, 1.82) is 0 Å². The van der Waals surface area contributed by atoms with Crippen molar-refractivity contribution in [2.45, 2.75) is 46.3 Å². The van der Waals surface area contributed by atoms with Gasteiger partial charge in [-0.05, 0) is 45.2 Å². The number of aromatic nitrogens is 2.